The Balaban J connectivity index is 1.31. The molecule has 9 nitrogen and oxygen atoms in total. The van der Waals surface area contributed by atoms with Crippen molar-refractivity contribution in [1.82, 2.24) is 24.6 Å². The number of carbonyl (C=O) groups is 1. The molecular formula is C22H25N5O4. The minimum absolute atomic E-state index is 0.0940. The van der Waals surface area contributed by atoms with Gasteiger partial charge in [-0.2, -0.15) is 5.10 Å². The summed E-state index contributed by atoms with van der Waals surface area (Å²) in [5, 5.41) is 7.14. The first-order valence-electron chi connectivity index (χ1n) is 10.3. The van der Waals surface area contributed by atoms with Crippen LogP contribution in [0.4, 0.5) is 0 Å². The van der Waals surface area contributed by atoms with Gasteiger partial charge in [-0.15, -0.1) is 0 Å². The molecule has 0 aliphatic carbocycles. The number of rotatable bonds is 7. The van der Waals surface area contributed by atoms with Gasteiger partial charge >= 0.3 is 5.69 Å². The topological polar surface area (TPSA) is 100 Å². The van der Waals surface area contributed by atoms with Crippen molar-refractivity contribution in [3.8, 4) is 17.4 Å². The smallest absolute Gasteiger partial charge is 0.346 e. The zero-order valence-electron chi connectivity index (χ0n) is 17.4. The third-order valence-electron chi connectivity index (χ3n) is 5.13. The van der Waals surface area contributed by atoms with Gasteiger partial charge in [-0.25, -0.2) is 14.5 Å². The van der Waals surface area contributed by atoms with Crippen molar-refractivity contribution >= 4 is 5.91 Å². The molecule has 0 bridgehead atoms. The molecule has 9 heteroatoms. The Hall–Kier alpha value is -3.62. The van der Waals surface area contributed by atoms with E-state index in [0.29, 0.717) is 30.5 Å². The maximum Gasteiger partial charge on any atom is 0.346 e. The fourth-order valence-electron chi connectivity index (χ4n) is 3.48. The van der Waals surface area contributed by atoms with Crippen molar-refractivity contribution in [1.29, 1.82) is 0 Å². The molecule has 0 saturated carbocycles. The summed E-state index contributed by atoms with van der Waals surface area (Å²) in [5.74, 6) is 2.26. The fraction of sp³-hybridized carbons (Fsp3) is 0.364. The molecule has 1 aliphatic heterocycles. The Morgan fingerprint density at radius 1 is 1.16 bits per heavy atom. The predicted molar refractivity (Wildman–Crippen MR) is 113 cm³/mol. The van der Waals surface area contributed by atoms with E-state index in [4.69, 9.17) is 9.47 Å². The summed E-state index contributed by atoms with van der Waals surface area (Å²) in [5.41, 5.74) is 0.604. The number of nitrogens with zero attached hydrogens (tertiary/aromatic N) is 4. The van der Waals surface area contributed by atoms with E-state index in [1.165, 1.54) is 4.68 Å². The maximum atomic E-state index is 12.5. The van der Waals surface area contributed by atoms with Crippen LogP contribution in [-0.2, 0) is 30.8 Å². The monoisotopic (exact) mass is 423 g/mol. The fourth-order valence-corrected chi connectivity index (χ4v) is 3.48. The highest BCUT2D eigenvalue weighted by atomic mass is 16.5. The molecule has 1 aliphatic rings. The van der Waals surface area contributed by atoms with Crippen LogP contribution in [0.2, 0.25) is 0 Å². The number of aromatic nitrogens is 4. The molecule has 0 spiro atoms. The number of amides is 1. The molecule has 0 fully saturated rings. The van der Waals surface area contributed by atoms with E-state index in [2.05, 4.69) is 15.4 Å². The van der Waals surface area contributed by atoms with Gasteiger partial charge < -0.3 is 14.8 Å². The highest BCUT2D eigenvalue weighted by Gasteiger charge is 2.17. The van der Waals surface area contributed by atoms with E-state index in [-0.39, 0.29) is 18.1 Å². The van der Waals surface area contributed by atoms with Crippen LogP contribution in [0, 0.1) is 0 Å². The molecule has 3 heterocycles. The van der Waals surface area contributed by atoms with Crippen LogP contribution in [0.25, 0.3) is 0 Å². The second kappa shape index (κ2) is 9.46. The average Bonchev–Trinajstić information content (AvgIpc) is 2.94. The summed E-state index contributed by atoms with van der Waals surface area (Å²) < 4.78 is 13.8. The van der Waals surface area contributed by atoms with Crippen molar-refractivity contribution < 1.29 is 14.3 Å². The largest absolute Gasteiger partial charge is 0.497 e. The summed E-state index contributed by atoms with van der Waals surface area (Å²) in [6.45, 7) is 0.878. The van der Waals surface area contributed by atoms with Gasteiger partial charge in [-0.3, -0.25) is 9.36 Å². The van der Waals surface area contributed by atoms with E-state index in [1.807, 2.05) is 24.3 Å². The predicted octanol–water partition coefficient (Wildman–Crippen LogP) is 2.28. The third-order valence-corrected chi connectivity index (χ3v) is 5.13. The molecule has 0 atom stereocenters. The first kappa shape index (κ1) is 20.6. The standard InChI is InChI=1S/C22H25N5O4/c1-30-17-6-5-7-18(12-17)31-21-10-9-16(14-24-21)13-23-20(28)15-27-22(29)26-11-4-2-3-8-19(26)25-27/h5-7,9-10,12,14H,2-4,8,11,13,15H2,1H3,(H,23,28). The van der Waals surface area contributed by atoms with E-state index < -0.39 is 0 Å². The zero-order valence-corrected chi connectivity index (χ0v) is 17.4. The van der Waals surface area contributed by atoms with Gasteiger partial charge in [0.1, 0.15) is 23.9 Å². The second-order valence-electron chi connectivity index (χ2n) is 7.38. The van der Waals surface area contributed by atoms with Crippen molar-refractivity contribution in [3.63, 3.8) is 0 Å². The molecule has 162 valence electrons. The van der Waals surface area contributed by atoms with E-state index >= 15 is 0 Å². The van der Waals surface area contributed by atoms with Crippen LogP contribution in [0.5, 0.6) is 17.4 Å². The zero-order chi connectivity index (χ0) is 21.6. The van der Waals surface area contributed by atoms with Crippen LogP contribution in [0.3, 0.4) is 0 Å². The quantitative estimate of drug-likeness (QED) is 0.626. The first-order valence-corrected chi connectivity index (χ1v) is 10.3. The highest BCUT2D eigenvalue weighted by molar-refractivity contribution is 5.75. The first-order chi connectivity index (χ1) is 15.1. The van der Waals surface area contributed by atoms with Gasteiger partial charge in [0.15, 0.2) is 0 Å². The van der Waals surface area contributed by atoms with E-state index in [0.717, 1.165) is 37.1 Å². The SMILES string of the molecule is COc1cccc(Oc2ccc(CNC(=O)Cn3nc4n(c3=O)CCCCC4)cn2)c1. The van der Waals surface area contributed by atoms with Crippen LogP contribution in [0.15, 0.2) is 47.4 Å². The minimum Gasteiger partial charge on any atom is -0.497 e. The Labute approximate surface area is 179 Å². The number of methoxy groups -OCH3 is 1. The molecule has 4 rings (SSSR count). The molecule has 1 aromatic carbocycles. The number of aryl methyl sites for hydroxylation is 1. The van der Waals surface area contributed by atoms with Gasteiger partial charge in [0.05, 0.1) is 7.11 Å². The number of nitrogens with one attached hydrogen (secondary N) is 1. The number of benzene rings is 1. The number of carbonyl (C=O) groups excluding carboxylic acids is 1. The van der Waals surface area contributed by atoms with Gasteiger partial charge in [0.25, 0.3) is 0 Å². The Bertz CT molecular complexity index is 1100. The van der Waals surface area contributed by atoms with Crippen LogP contribution in [-0.4, -0.2) is 32.3 Å². The lowest BCUT2D eigenvalue weighted by Crippen LogP contribution is -2.33. The van der Waals surface area contributed by atoms with Crippen molar-refractivity contribution in [2.24, 2.45) is 0 Å². The maximum absolute atomic E-state index is 12.5. The normalized spacial score (nSPS) is 13.2. The van der Waals surface area contributed by atoms with E-state index in [9.17, 15) is 9.59 Å². The summed E-state index contributed by atoms with van der Waals surface area (Å²) in [6.07, 6.45) is 5.50. The molecule has 3 aromatic rings. The molecular weight excluding hydrogens is 398 g/mol. The van der Waals surface area contributed by atoms with Gasteiger partial charge in [0, 0.05) is 37.8 Å². The highest BCUT2D eigenvalue weighted by Crippen LogP contribution is 2.23. The lowest BCUT2D eigenvalue weighted by molar-refractivity contribution is -0.122. The number of ether oxygens (including phenoxy) is 2. The van der Waals surface area contributed by atoms with Gasteiger partial charge in [-0.05, 0) is 30.5 Å². The lowest BCUT2D eigenvalue weighted by Gasteiger charge is -2.08. The third kappa shape index (κ3) is 5.11. The van der Waals surface area contributed by atoms with E-state index in [1.54, 1.807) is 30.0 Å². The molecule has 0 saturated heterocycles. The summed E-state index contributed by atoms with van der Waals surface area (Å²) in [6, 6.07) is 10.8. The molecule has 1 amide bonds. The molecule has 1 N–H and O–H groups in total. The minimum atomic E-state index is -0.271. The molecule has 31 heavy (non-hydrogen) atoms. The Morgan fingerprint density at radius 3 is 2.84 bits per heavy atom. The van der Waals surface area contributed by atoms with Crippen LogP contribution >= 0.6 is 0 Å². The summed E-state index contributed by atoms with van der Waals surface area (Å²) in [7, 11) is 1.60. The average molecular weight is 423 g/mol. The van der Waals surface area contributed by atoms with Crippen molar-refractivity contribution in [2.75, 3.05) is 7.11 Å². The van der Waals surface area contributed by atoms with Crippen LogP contribution in [0.1, 0.15) is 30.7 Å². The summed E-state index contributed by atoms with van der Waals surface area (Å²) in [4.78, 5) is 29.0. The van der Waals surface area contributed by atoms with Gasteiger partial charge in [0.2, 0.25) is 11.8 Å². The number of hydrogen-bond acceptors (Lipinski definition) is 6. The summed E-state index contributed by atoms with van der Waals surface area (Å²) >= 11 is 0. The molecule has 2 aromatic heterocycles. The molecule has 0 unspecified atom stereocenters. The Morgan fingerprint density at radius 2 is 2.03 bits per heavy atom. The van der Waals surface area contributed by atoms with Crippen molar-refractivity contribution in [2.45, 2.75) is 45.3 Å². The lowest BCUT2D eigenvalue weighted by atomic mass is 10.2. The van der Waals surface area contributed by atoms with Crippen LogP contribution < -0.4 is 20.5 Å². The second-order valence-corrected chi connectivity index (χ2v) is 7.38. The number of fused-ring (bicyclic) bond motifs is 1. The van der Waals surface area contributed by atoms with Gasteiger partial charge in [-0.1, -0.05) is 18.6 Å². The Kier molecular flexibility index (Phi) is 6.30. The molecule has 0 radical (unpaired) electrons. The van der Waals surface area contributed by atoms with Crippen molar-refractivity contribution in [3.05, 3.63) is 64.5 Å². The number of pyridine rings is 1. The number of hydrogen-bond donors (Lipinski definition) is 1.